The molecule has 0 unspecified atom stereocenters. The number of para-hydroxylation sites is 1. The van der Waals surface area contributed by atoms with Crippen molar-refractivity contribution in [2.24, 2.45) is 0 Å². The summed E-state index contributed by atoms with van der Waals surface area (Å²) in [6.45, 7) is 4.25. The minimum atomic E-state index is -0.620. The fourth-order valence-electron chi connectivity index (χ4n) is 2.72. The number of allylic oxidation sites excluding steroid dienone is 3. The van der Waals surface area contributed by atoms with Crippen molar-refractivity contribution in [3.05, 3.63) is 53.3 Å². The average molecular weight is 282 g/mol. The highest BCUT2D eigenvalue weighted by molar-refractivity contribution is 5.93. The van der Waals surface area contributed by atoms with E-state index >= 15 is 0 Å². The maximum absolute atomic E-state index is 11.5. The van der Waals surface area contributed by atoms with E-state index in [0.29, 0.717) is 0 Å². The molecule has 0 saturated heterocycles. The number of anilines is 1. The van der Waals surface area contributed by atoms with Crippen molar-refractivity contribution in [2.75, 3.05) is 19.1 Å². The Hall–Kier alpha value is -2.54. The van der Waals surface area contributed by atoms with Gasteiger partial charge < -0.3 is 9.64 Å². The Kier molecular flexibility index (Phi) is 3.86. The van der Waals surface area contributed by atoms with E-state index in [9.17, 15) is 4.79 Å². The van der Waals surface area contributed by atoms with Crippen molar-refractivity contribution in [3.8, 4) is 6.07 Å². The van der Waals surface area contributed by atoms with Crippen LogP contribution in [0.2, 0.25) is 0 Å². The van der Waals surface area contributed by atoms with Crippen LogP contribution in [0, 0.1) is 11.3 Å². The normalized spacial score (nSPS) is 18.3. The lowest BCUT2D eigenvalue weighted by atomic mass is 9.83. The number of nitriles is 1. The predicted molar refractivity (Wildman–Crippen MR) is 81.7 cm³/mol. The first kappa shape index (κ1) is 14.9. The number of benzene rings is 1. The summed E-state index contributed by atoms with van der Waals surface area (Å²) in [4.78, 5) is 13.5. The number of rotatable bonds is 2. The lowest BCUT2D eigenvalue weighted by molar-refractivity contribution is -0.135. The van der Waals surface area contributed by atoms with Crippen LogP contribution in [0.4, 0.5) is 5.69 Å². The van der Waals surface area contributed by atoms with Gasteiger partial charge in [0.1, 0.15) is 11.6 Å². The summed E-state index contributed by atoms with van der Waals surface area (Å²) in [6.07, 6.45) is 3.33. The quantitative estimate of drug-likeness (QED) is 0.475. The number of fused-ring (bicyclic) bond motifs is 1. The maximum Gasteiger partial charge on any atom is 0.348 e. The van der Waals surface area contributed by atoms with Gasteiger partial charge in [-0.2, -0.15) is 5.26 Å². The molecule has 0 atom stereocenters. The van der Waals surface area contributed by atoms with Crippen LogP contribution in [0.1, 0.15) is 19.4 Å². The number of carbonyl (C=O) groups excluding carboxylic acids is 1. The molecular weight excluding hydrogens is 264 g/mol. The summed E-state index contributed by atoms with van der Waals surface area (Å²) in [6, 6.07) is 10.0. The molecule has 0 fully saturated rings. The van der Waals surface area contributed by atoms with Gasteiger partial charge in [-0.1, -0.05) is 32.0 Å². The van der Waals surface area contributed by atoms with Gasteiger partial charge in [0.15, 0.2) is 0 Å². The highest BCUT2D eigenvalue weighted by Crippen LogP contribution is 2.46. The number of carbonyl (C=O) groups is 1. The molecule has 0 aliphatic carbocycles. The van der Waals surface area contributed by atoms with Gasteiger partial charge in [-0.25, -0.2) is 4.79 Å². The molecule has 0 bridgehead atoms. The zero-order chi connectivity index (χ0) is 15.6. The average Bonchev–Trinajstić information content (AvgIpc) is 2.68. The minimum absolute atomic E-state index is 0.00911. The largest absolute Gasteiger partial charge is 0.465 e. The summed E-state index contributed by atoms with van der Waals surface area (Å²) in [7, 11) is 3.25. The SMILES string of the molecule is COC(=O)/C(C#N)=C/C=C1\N(C)c2ccccc2C1(C)C. The van der Waals surface area contributed by atoms with Crippen molar-refractivity contribution in [2.45, 2.75) is 19.3 Å². The highest BCUT2D eigenvalue weighted by Gasteiger charge is 2.37. The van der Waals surface area contributed by atoms with Gasteiger partial charge >= 0.3 is 5.97 Å². The standard InChI is InChI=1S/C17H18N2O2/c1-17(2)13-7-5-6-8-14(13)19(3)15(17)10-9-12(11-18)16(20)21-4/h5-10H,1-4H3/b12-9+,15-10-. The zero-order valence-corrected chi connectivity index (χ0v) is 12.7. The first-order valence-electron chi connectivity index (χ1n) is 6.67. The number of methoxy groups -OCH3 is 1. The second-order valence-corrected chi connectivity index (χ2v) is 5.44. The molecule has 1 aromatic carbocycles. The summed E-state index contributed by atoms with van der Waals surface area (Å²) in [5, 5.41) is 9.01. The maximum atomic E-state index is 11.5. The van der Waals surface area contributed by atoms with Crippen LogP contribution in [0.5, 0.6) is 0 Å². The Labute approximate surface area is 124 Å². The molecule has 21 heavy (non-hydrogen) atoms. The first-order chi connectivity index (χ1) is 9.93. The highest BCUT2D eigenvalue weighted by atomic mass is 16.5. The van der Waals surface area contributed by atoms with E-state index < -0.39 is 5.97 Å². The van der Waals surface area contributed by atoms with E-state index in [4.69, 9.17) is 5.26 Å². The molecule has 4 heteroatoms. The second-order valence-electron chi connectivity index (χ2n) is 5.44. The van der Waals surface area contributed by atoms with Crippen LogP contribution in [0.3, 0.4) is 0 Å². The molecular formula is C17H18N2O2. The molecule has 1 heterocycles. The zero-order valence-electron chi connectivity index (χ0n) is 12.7. The lowest BCUT2D eigenvalue weighted by Gasteiger charge is -2.23. The van der Waals surface area contributed by atoms with Gasteiger partial charge in [0.2, 0.25) is 0 Å². The Morgan fingerprint density at radius 2 is 2.05 bits per heavy atom. The van der Waals surface area contributed by atoms with E-state index in [1.807, 2.05) is 31.3 Å². The molecule has 0 N–H and O–H groups in total. The van der Waals surface area contributed by atoms with Crippen molar-refractivity contribution in [1.29, 1.82) is 5.26 Å². The molecule has 0 amide bonds. The molecule has 1 aromatic rings. The van der Waals surface area contributed by atoms with Gasteiger partial charge in [-0.15, -0.1) is 0 Å². The summed E-state index contributed by atoms with van der Waals surface area (Å²) >= 11 is 0. The number of ether oxygens (including phenoxy) is 1. The fourth-order valence-corrected chi connectivity index (χ4v) is 2.72. The Morgan fingerprint density at radius 3 is 2.62 bits per heavy atom. The minimum Gasteiger partial charge on any atom is -0.465 e. The number of likely N-dealkylation sites (N-methyl/N-ethyl adjacent to an activating group) is 1. The van der Waals surface area contributed by atoms with Gasteiger partial charge in [0.25, 0.3) is 0 Å². The molecule has 2 rings (SSSR count). The summed E-state index contributed by atoms with van der Waals surface area (Å²) in [5.74, 6) is -0.620. The Balaban J connectivity index is 2.47. The summed E-state index contributed by atoms with van der Waals surface area (Å²) in [5.41, 5.74) is 3.20. The van der Waals surface area contributed by atoms with Crippen LogP contribution in [-0.4, -0.2) is 20.1 Å². The van der Waals surface area contributed by atoms with E-state index in [1.54, 1.807) is 0 Å². The molecule has 0 saturated carbocycles. The summed E-state index contributed by atoms with van der Waals surface area (Å²) < 4.78 is 4.59. The third-order valence-corrected chi connectivity index (χ3v) is 3.87. The first-order valence-corrected chi connectivity index (χ1v) is 6.67. The number of hydrogen-bond acceptors (Lipinski definition) is 4. The molecule has 108 valence electrons. The van der Waals surface area contributed by atoms with Crippen molar-refractivity contribution in [3.63, 3.8) is 0 Å². The van der Waals surface area contributed by atoms with Crippen LogP contribution >= 0.6 is 0 Å². The van der Waals surface area contributed by atoms with Gasteiger partial charge in [-0.05, 0) is 23.8 Å². The van der Waals surface area contributed by atoms with E-state index in [1.165, 1.54) is 18.7 Å². The van der Waals surface area contributed by atoms with E-state index in [-0.39, 0.29) is 11.0 Å². The smallest absolute Gasteiger partial charge is 0.348 e. The van der Waals surface area contributed by atoms with Gasteiger partial charge in [0.05, 0.1) is 7.11 Å². The van der Waals surface area contributed by atoms with Crippen LogP contribution in [0.15, 0.2) is 47.7 Å². The van der Waals surface area contributed by atoms with Crippen molar-refractivity contribution >= 4 is 11.7 Å². The molecule has 4 nitrogen and oxygen atoms in total. The lowest BCUT2D eigenvalue weighted by Crippen LogP contribution is -2.22. The van der Waals surface area contributed by atoms with E-state index in [0.717, 1.165) is 11.4 Å². The fraction of sp³-hybridized carbons (Fsp3) is 0.294. The predicted octanol–water partition coefficient (Wildman–Crippen LogP) is 2.92. The molecule has 0 spiro atoms. The third-order valence-electron chi connectivity index (χ3n) is 3.87. The van der Waals surface area contributed by atoms with Crippen molar-refractivity contribution in [1.82, 2.24) is 0 Å². The van der Waals surface area contributed by atoms with Crippen LogP contribution in [0.25, 0.3) is 0 Å². The van der Waals surface area contributed by atoms with Crippen LogP contribution < -0.4 is 4.90 Å². The van der Waals surface area contributed by atoms with Crippen LogP contribution in [-0.2, 0) is 14.9 Å². The Bertz CT molecular complexity index is 678. The molecule has 1 aliphatic rings. The third kappa shape index (κ3) is 2.43. The number of hydrogen-bond donors (Lipinski definition) is 0. The topological polar surface area (TPSA) is 53.3 Å². The van der Waals surface area contributed by atoms with Gasteiger partial charge in [-0.3, -0.25) is 0 Å². The molecule has 0 radical (unpaired) electrons. The molecule has 0 aromatic heterocycles. The Morgan fingerprint density at radius 1 is 1.38 bits per heavy atom. The number of esters is 1. The molecule has 1 aliphatic heterocycles. The second kappa shape index (κ2) is 5.45. The monoisotopic (exact) mass is 282 g/mol. The van der Waals surface area contributed by atoms with E-state index in [2.05, 4.69) is 35.6 Å². The van der Waals surface area contributed by atoms with Gasteiger partial charge in [0, 0.05) is 23.8 Å². The number of nitrogens with zero attached hydrogens (tertiary/aromatic N) is 2. The van der Waals surface area contributed by atoms with Crippen molar-refractivity contribution < 1.29 is 9.53 Å².